The van der Waals surface area contributed by atoms with Crippen molar-refractivity contribution < 1.29 is 4.79 Å². The van der Waals surface area contributed by atoms with Crippen LogP contribution in [0, 0.1) is 0 Å². The molecular formula is C24H20ClN3O. The fourth-order valence-corrected chi connectivity index (χ4v) is 3.55. The molecule has 0 aliphatic heterocycles. The van der Waals surface area contributed by atoms with Crippen LogP contribution in [0.5, 0.6) is 0 Å². The third-order valence-corrected chi connectivity index (χ3v) is 5.09. The fourth-order valence-electron chi connectivity index (χ4n) is 3.37. The van der Waals surface area contributed by atoms with Gasteiger partial charge >= 0.3 is 0 Å². The second-order valence-corrected chi connectivity index (χ2v) is 7.21. The van der Waals surface area contributed by atoms with Gasteiger partial charge in [-0.05, 0) is 48.4 Å². The molecule has 0 radical (unpaired) electrons. The summed E-state index contributed by atoms with van der Waals surface area (Å²) in [4.78, 5) is 22.4. The summed E-state index contributed by atoms with van der Waals surface area (Å²) >= 11 is 6.21. The number of amides is 1. The lowest BCUT2D eigenvalue weighted by Gasteiger charge is -2.18. The molecule has 0 spiro atoms. The standard InChI is InChI=1S/C24H20ClN3O/c1-2-20(16-8-4-3-5-9-16)28-24(29)19-15-23(22-10-6-7-13-26-22)27-21-12-11-17(25)14-18(19)21/h3-15,20H,2H2,1H3,(H,28,29). The molecule has 2 aromatic heterocycles. The van der Waals surface area contributed by atoms with Crippen LogP contribution in [0.15, 0.2) is 79.0 Å². The first-order valence-corrected chi connectivity index (χ1v) is 9.91. The van der Waals surface area contributed by atoms with Crippen LogP contribution in [-0.2, 0) is 0 Å². The summed E-state index contributed by atoms with van der Waals surface area (Å²) in [5, 5.41) is 4.44. The molecule has 1 unspecified atom stereocenters. The summed E-state index contributed by atoms with van der Waals surface area (Å²) < 4.78 is 0. The molecule has 144 valence electrons. The molecule has 4 nitrogen and oxygen atoms in total. The van der Waals surface area contributed by atoms with Gasteiger partial charge in [-0.3, -0.25) is 9.78 Å². The zero-order valence-corrected chi connectivity index (χ0v) is 16.7. The minimum atomic E-state index is -0.160. The Labute approximate surface area is 174 Å². The van der Waals surface area contributed by atoms with Crippen LogP contribution in [0.2, 0.25) is 5.02 Å². The predicted molar refractivity (Wildman–Crippen MR) is 117 cm³/mol. The van der Waals surface area contributed by atoms with Crippen molar-refractivity contribution in [2.45, 2.75) is 19.4 Å². The predicted octanol–water partition coefficient (Wildman–Crippen LogP) is 5.83. The Morgan fingerprint density at radius 3 is 2.52 bits per heavy atom. The Morgan fingerprint density at radius 2 is 1.79 bits per heavy atom. The van der Waals surface area contributed by atoms with Crippen LogP contribution < -0.4 is 5.32 Å². The van der Waals surface area contributed by atoms with E-state index in [0.29, 0.717) is 27.5 Å². The minimum Gasteiger partial charge on any atom is -0.345 e. The SMILES string of the molecule is CCC(NC(=O)c1cc(-c2ccccn2)nc2ccc(Cl)cc12)c1ccccc1. The van der Waals surface area contributed by atoms with Crippen molar-refractivity contribution in [3.8, 4) is 11.4 Å². The highest BCUT2D eigenvalue weighted by Gasteiger charge is 2.18. The van der Waals surface area contributed by atoms with Crippen molar-refractivity contribution in [2.24, 2.45) is 0 Å². The van der Waals surface area contributed by atoms with E-state index in [1.807, 2.05) is 54.6 Å². The molecular weight excluding hydrogens is 382 g/mol. The highest BCUT2D eigenvalue weighted by molar-refractivity contribution is 6.31. The van der Waals surface area contributed by atoms with Gasteiger partial charge in [-0.25, -0.2) is 4.98 Å². The van der Waals surface area contributed by atoms with Crippen LogP contribution in [0.1, 0.15) is 35.3 Å². The average Bonchev–Trinajstić information content (AvgIpc) is 2.77. The molecule has 0 bridgehead atoms. The van der Waals surface area contributed by atoms with Crippen LogP contribution in [0.4, 0.5) is 0 Å². The molecule has 1 atom stereocenters. The van der Waals surface area contributed by atoms with Gasteiger partial charge in [0.2, 0.25) is 0 Å². The number of hydrogen-bond acceptors (Lipinski definition) is 3. The topological polar surface area (TPSA) is 54.9 Å². The zero-order chi connectivity index (χ0) is 20.2. The maximum absolute atomic E-state index is 13.3. The minimum absolute atomic E-state index is 0.0793. The Kier molecular flexibility index (Phi) is 5.54. The number of carbonyl (C=O) groups excluding carboxylic acids is 1. The van der Waals surface area contributed by atoms with Crippen molar-refractivity contribution in [1.29, 1.82) is 0 Å². The number of halogens is 1. The average molecular weight is 402 g/mol. The molecule has 4 aromatic rings. The maximum Gasteiger partial charge on any atom is 0.252 e. The number of fused-ring (bicyclic) bond motifs is 1. The molecule has 29 heavy (non-hydrogen) atoms. The smallest absolute Gasteiger partial charge is 0.252 e. The quantitative estimate of drug-likeness (QED) is 0.457. The third kappa shape index (κ3) is 4.13. The first kappa shape index (κ1) is 19.1. The van der Waals surface area contributed by atoms with Gasteiger partial charge in [-0.1, -0.05) is 54.9 Å². The molecule has 2 heterocycles. The van der Waals surface area contributed by atoms with Crippen LogP contribution in [0.3, 0.4) is 0 Å². The molecule has 0 saturated carbocycles. The van der Waals surface area contributed by atoms with E-state index >= 15 is 0 Å². The molecule has 0 aliphatic rings. The lowest BCUT2D eigenvalue weighted by molar-refractivity contribution is 0.0937. The van der Waals surface area contributed by atoms with E-state index in [2.05, 4.69) is 22.2 Å². The summed E-state index contributed by atoms with van der Waals surface area (Å²) in [7, 11) is 0. The first-order valence-electron chi connectivity index (χ1n) is 9.53. The number of hydrogen-bond donors (Lipinski definition) is 1. The monoisotopic (exact) mass is 401 g/mol. The summed E-state index contributed by atoms with van der Waals surface area (Å²) in [5.74, 6) is -0.160. The van der Waals surface area contributed by atoms with Crippen molar-refractivity contribution >= 4 is 28.4 Å². The Bertz CT molecular complexity index is 1150. The Balaban J connectivity index is 1.78. The van der Waals surface area contributed by atoms with Crippen LogP contribution in [-0.4, -0.2) is 15.9 Å². The lowest BCUT2D eigenvalue weighted by Crippen LogP contribution is -2.28. The highest BCUT2D eigenvalue weighted by Crippen LogP contribution is 2.27. The van der Waals surface area contributed by atoms with E-state index in [0.717, 1.165) is 17.4 Å². The van der Waals surface area contributed by atoms with E-state index in [1.165, 1.54) is 0 Å². The second kappa shape index (κ2) is 8.41. The van der Waals surface area contributed by atoms with Crippen LogP contribution >= 0.6 is 11.6 Å². The normalized spacial score (nSPS) is 11.9. The van der Waals surface area contributed by atoms with E-state index < -0.39 is 0 Å². The van der Waals surface area contributed by atoms with Crippen LogP contribution in [0.25, 0.3) is 22.3 Å². The van der Waals surface area contributed by atoms with E-state index in [9.17, 15) is 4.79 Å². The number of nitrogens with zero attached hydrogens (tertiary/aromatic N) is 2. The van der Waals surface area contributed by atoms with E-state index in [-0.39, 0.29) is 11.9 Å². The molecule has 1 N–H and O–H groups in total. The maximum atomic E-state index is 13.3. The third-order valence-electron chi connectivity index (χ3n) is 4.86. The molecule has 2 aromatic carbocycles. The Morgan fingerprint density at radius 1 is 1.00 bits per heavy atom. The number of carbonyl (C=O) groups is 1. The number of aromatic nitrogens is 2. The lowest BCUT2D eigenvalue weighted by atomic mass is 10.0. The largest absolute Gasteiger partial charge is 0.345 e. The zero-order valence-electron chi connectivity index (χ0n) is 16.0. The molecule has 0 aliphatic carbocycles. The van der Waals surface area contributed by atoms with Gasteiger partial charge in [0, 0.05) is 16.6 Å². The number of pyridine rings is 2. The van der Waals surface area contributed by atoms with Gasteiger partial charge in [-0.2, -0.15) is 0 Å². The fraction of sp³-hybridized carbons (Fsp3) is 0.125. The second-order valence-electron chi connectivity index (χ2n) is 6.78. The van der Waals surface area contributed by atoms with Crippen molar-refractivity contribution in [1.82, 2.24) is 15.3 Å². The highest BCUT2D eigenvalue weighted by atomic mass is 35.5. The van der Waals surface area contributed by atoms with Crippen molar-refractivity contribution in [2.75, 3.05) is 0 Å². The van der Waals surface area contributed by atoms with Gasteiger partial charge in [0.1, 0.15) is 0 Å². The molecule has 1 amide bonds. The van der Waals surface area contributed by atoms with Crippen molar-refractivity contribution in [3.63, 3.8) is 0 Å². The number of rotatable bonds is 5. The van der Waals surface area contributed by atoms with E-state index in [4.69, 9.17) is 11.6 Å². The van der Waals surface area contributed by atoms with Gasteiger partial charge in [0.25, 0.3) is 5.91 Å². The number of benzene rings is 2. The molecule has 4 rings (SSSR count). The van der Waals surface area contributed by atoms with Gasteiger partial charge in [0.15, 0.2) is 0 Å². The summed E-state index contributed by atoms with van der Waals surface area (Å²) in [6, 6.07) is 22.7. The molecule has 0 fully saturated rings. The van der Waals surface area contributed by atoms with Gasteiger partial charge in [0.05, 0.1) is 28.5 Å². The number of nitrogens with one attached hydrogen (secondary N) is 1. The molecule has 0 saturated heterocycles. The van der Waals surface area contributed by atoms with Gasteiger partial charge in [-0.15, -0.1) is 0 Å². The molecule has 5 heteroatoms. The van der Waals surface area contributed by atoms with Gasteiger partial charge < -0.3 is 5.32 Å². The summed E-state index contributed by atoms with van der Waals surface area (Å²) in [6.07, 6.45) is 2.50. The van der Waals surface area contributed by atoms with Crippen molar-refractivity contribution in [3.05, 3.63) is 95.1 Å². The first-order chi connectivity index (χ1) is 14.2. The van der Waals surface area contributed by atoms with E-state index in [1.54, 1.807) is 24.4 Å². The Hall–Kier alpha value is -3.24. The summed E-state index contributed by atoms with van der Waals surface area (Å²) in [5.41, 5.74) is 3.68. The summed E-state index contributed by atoms with van der Waals surface area (Å²) in [6.45, 7) is 2.05.